The lowest BCUT2D eigenvalue weighted by molar-refractivity contribution is -0.121. The normalized spacial score (nSPS) is 38.2. The number of carbonyl (C=O) groups excluding carboxylic acids is 1. The molecule has 2 bridgehead atoms. The van der Waals surface area contributed by atoms with Crippen molar-refractivity contribution in [1.29, 1.82) is 0 Å². The summed E-state index contributed by atoms with van der Waals surface area (Å²) < 4.78 is 0. The van der Waals surface area contributed by atoms with Crippen molar-refractivity contribution in [3.8, 4) is 0 Å². The smallest absolute Gasteiger partial charge is 0.210 e. The maximum Gasteiger partial charge on any atom is 0.210 e. The maximum atomic E-state index is 10.5. The summed E-state index contributed by atoms with van der Waals surface area (Å²) >= 11 is 0. The van der Waals surface area contributed by atoms with Crippen LogP contribution in [0.25, 0.3) is 0 Å². The first-order valence-corrected chi connectivity index (χ1v) is 3.83. The number of amides is 1. The Bertz CT molecular complexity index is 149. The van der Waals surface area contributed by atoms with Crippen LogP contribution in [0.2, 0.25) is 0 Å². The van der Waals surface area contributed by atoms with Gasteiger partial charge in [-0.3, -0.25) is 9.69 Å². The lowest BCUT2D eigenvalue weighted by Crippen LogP contribution is -2.45. The molecule has 0 aromatic carbocycles. The minimum Gasteiger partial charge on any atom is -0.340 e. The van der Waals surface area contributed by atoms with Gasteiger partial charge in [-0.1, -0.05) is 0 Å². The molecular weight excluding hydrogens is 128 g/mol. The van der Waals surface area contributed by atoms with Crippen LogP contribution in [0.1, 0.15) is 6.42 Å². The predicted octanol–water partition coefficient (Wildman–Crippen LogP) is -0.467. The van der Waals surface area contributed by atoms with Crippen molar-refractivity contribution in [3.63, 3.8) is 0 Å². The topological polar surface area (TPSA) is 23.6 Å². The summed E-state index contributed by atoms with van der Waals surface area (Å²) in [5.41, 5.74) is 0. The summed E-state index contributed by atoms with van der Waals surface area (Å²) in [4.78, 5) is 14.8. The first-order chi connectivity index (χ1) is 4.90. The van der Waals surface area contributed by atoms with Gasteiger partial charge in [0, 0.05) is 32.2 Å². The number of carbonyl (C=O) groups is 1. The van der Waals surface area contributed by atoms with Crippen LogP contribution < -0.4 is 0 Å². The van der Waals surface area contributed by atoms with Gasteiger partial charge in [0.05, 0.1) is 0 Å². The molecule has 3 nitrogen and oxygen atoms in total. The lowest BCUT2D eigenvalue weighted by atomic mass is 10.2. The number of hydrogen-bond acceptors (Lipinski definition) is 2. The second-order valence-electron chi connectivity index (χ2n) is 3.09. The quantitative estimate of drug-likeness (QED) is 0.460. The highest BCUT2D eigenvalue weighted by atomic mass is 16.1. The van der Waals surface area contributed by atoms with E-state index >= 15 is 0 Å². The molecular formula is C7H12N2O. The van der Waals surface area contributed by atoms with Crippen LogP contribution in [0.15, 0.2) is 0 Å². The molecule has 2 aliphatic rings. The SMILES string of the molecule is O=CN1CCN2CCC1C2. The van der Waals surface area contributed by atoms with E-state index in [9.17, 15) is 4.79 Å². The Morgan fingerprint density at radius 2 is 2.20 bits per heavy atom. The molecule has 0 aromatic rings. The zero-order valence-corrected chi connectivity index (χ0v) is 5.99. The van der Waals surface area contributed by atoms with E-state index < -0.39 is 0 Å². The maximum absolute atomic E-state index is 10.5. The average Bonchev–Trinajstić information content (AvgIpc) is 2.34. The molecule has 2 heterocycles. The van der Waals surface area contributed by atoms with Crippen molar-refractivity contribution in [2.45, 2.75) is 12.5 Å². The van der Waals surface area contributed by atoms with Gasteiger partial charge in [-0.2, -0.15) is 0 Å². The first kappa shape index (κ1) is 6.16. The van der Waals surface area contributed by atoms with Crippen molar-refractivity contribution in [2.24, 2.45) is 0 Å². The van der Waals surface area contributed by atoms with Gasteiger partial charge in [-0.25, -0.2) is 0 Å². The molecule has 2 fully saturated rings. The molecule has 0 saturated carbocycles. The number of rotatable bonds is 1. The predicted molar refractivity (Wildman–Crippen MR) is 37.6 cm³/mol. The highest BCUT2D eigenvalue weighted by Crippen LogP contribution is 2.18. The van der Waals surface area contributed by atoms with Crippen molar-refractivity contribution in [2.75, 3.05) is 26.2 Å². The third-order valence-electron chi connectivity index (χ3n) is 2.53. The summed E-state index contributed by atoms with van der Waals surface area (Å²) in [5.74, 6) is 0. The summed E-state index contributed by atoms with van der Waals surface area (Å²) in [6.07, 6.45) is 2.17. The molecule has 2 rings (SSSR count). The number of fused-ring (bicyclic) bond motifs is 2. The Hall–Kier alpha value is -0.570. The largest absolute Gasteiger partial charge is 0.340 e. The summed E-state index contributed by atoms with van der Waals surface area (Å²) in [6, 6.07) is 0.534. The minimum absolute atomic E-state index is 0.534. The number of nitrogens with zero attached hydrogens (tertiary/aromatic N) is 2. The van der Waals surface area contributed by atoms with Gasteiger partial charge in [0.25, 0.3) is 0 Å². The molecule has 0 aromatic heterocycles. The molecule has 0 aliphatic carbocycles. The van der Waals surface area contributed by atoms with Crippen LogP contribution in [-0.4, -0.2) is 48.4 Å². The van der Waals surface area contributed by atoms with Crippen molar-refractivity contribution >= 4 is 6.41 Å². The van der Waals surface area contributed by atoms with Crippen LogP contribution in [-0.2, 0) is 4.79 Å². The van der Waals surface area contributed by atoms with E-state index in [1.807, 2.05) is 4.90 Å². The first-order valence-electron chi connectivity index (χ1n) is 3.83. The van der Waals surface area contributed by atoms with E-state index in [0.717, 1.165) is 26.0 Å². The van der Waals surface area contributed by atoms with Crippen molar-refractivity contribution < 1.29 is 4.79 Å². The molecule has 2 aliphatic heterocycles. The van der Waals surface area contributed by atoms with E-state index in [2.05, 4.69) is 4.90 Å². The van der Waals surface area contributed by atoms with Gasteiger partial charge < -0.3 is 4.90 Å². The third-order valence-corrected chi connectivity index (χ3v) is 2.53. The van der Waals surface area contributed by atoms with Gasteiger partial charge in [0.2, 0.25) is 6.41 Å². The van der Waals surface area contributed by atoms with Crippen molar-refractivity contribution in [3.05, 3.63) is 0 Å². The molecule has 0 spiro atoms. The van der Waals surface area contributed by atoms with Crippen LogP contribution in [0, 0.1) is 0 Å². The highest BCUT2D eigenvalue weighted by molar-refractivity contribution is 5.48. The van der Waals surface area contributed by atoms with Crippen LogP contribution in [0.3, 0.4) is 0 Å². The van der Waals surface area contributed by atoms with Crippen LogP contribution in [0.5, 0.6) is 0 Å². The van der Waals surface area contributed by atoms with Crippen molar-refractivity contribution in [1.82, 2.24) is 9.80 Å². The highest BCUT2D eigenvalue weighted by Gasteiger charge is 2.31. The Balaban J connectivity index is 2.06. The van der Waals surface area contributed by atoms with Gasteiger partial charge in [0.15, 0.2) is 0 Å². The molecule has 2 atom stereocenters. The fourth-order valence-corrected chi connectivity index (χ4v) is 1.86. The number of hydrogen-bond donors (Lipinski definition) is 0. The Labute approximate surface area is 60.6 Å². The summed E-state index contributed by atoms with van der Waals surface area (Å²) in [6.45, 7) is 4.32. The third kappa shape index (κ3) is 0.814. The van der Waals surface area contributed by atoms with Gasteiger partial charge >= 0.3 is 0 Å². The van der Waals surface area contributed by atoms with E-state index in [1.54, 1.807) is 0 Å². The van der Waals surface area contributed by atoms with E-state index in [-0.39, 0.29) is 0 Å². The zero-order valence-electron chi connectivity index (χ0n) is 5.99. The van der Waals surface area contributed by atoms with Gasteiger partial charge in [-0.15, -0.1) is 0 Å². The Morgan fingerprint density at radius 3 is 3.00 bits per heavy atom. The average molecular weight is 140 g/mol. The fraction of sp³-hybridized carbons (Fsp3) is 0.857. The molecule has 10 heavy (non-hydrogen) atoms. The van der Waals surface area contributed by atoms with Gasteiger partial charge in [0.1, 0.15) is 0 Å². The molecule has 0 N–H and O–H groups in total. The molecule has 1 amide bonds. The molecule has 2 unspecified atom stereocenters. The van der Waals surface area contributed by atoms with E-state index in [4.69, 9.17) is 0 Å². The number of piperazine rings is 1. The minimum atomic E-state index is 0.534. The fourth-order valence-electron chi connectivity index (χ4n) is 1.86. The standard InChI is InChI=1S/C7H12N2O/c10-6-9-4-3-8-2-1-7(9)5-8/h6-7H,1-5H2. The lowest BCUT2D eigenvalue weighted by Gasteiger charge is -2.30. The Morgan fingerprint density at radius 1 is 1.30 bits per heavy atom. The monoisotopic (exact) mass is 140 g/mol. The molecule has 3 heteroatoms. The molecule has 56 valence electrons. The van der Waals surface area contributed by atoms with Crippen LogP contribution >= 0.6 is 0 Å². The van der Waals surface area contributed by atoms with Crippen LogP contribution in [0.4, 0.5) is 0 Å². The second-order valence-corrected chi connectivity index (χ2v) is 3.09. The second kappa shape index (κ2) is 2.23. The molecule has 0 radical (unpaired) electrons. The Kier molecular flexibility index (Phi) is 1.38. The molecule has 2 saturated heterocycles. The van der Waals surface area contributed by atoms with Gasteiger partial charge in [-0.05, 0) is 6.42 Å². The zero-order chi connectivity index (χ0) is 6.97. The van der Waals surface area contributed by atoms with E-state index in [0.29, 0.717) is 6.04 Å². The summed E-state index contributed by atoms with van der Waals surface area (Å²) in [5, 5.41) is 0. The van der Waals surface area contributed by atoms with E-state index in [1.165, 1.54) is 13.0 Å². The summed E-state index contributed by atoms with van der Waals surface area (Å²) in [7, 11) is 0.